The molecule has 12 atom stereocenters. The molecule has 2 aliphatic rings. The smallest absolute Gasteiger partial charge is 0.220 e. The number of hydrogen-bond acceptors (Lipinski definition) is 13. The monoisotopic (exact) mass is 986 g/mol. The van der Waals surface area contributed by atoms with Gasteiger partial charge in [0.1, 0.15) is 48.8 Å². The SMILES string of the molecule is CCCCCCCCCCCCCCCCCCCCCCCCCC/C=C/CC/C=C/C(O)C(COC1OC(CO)C(OC2OC(CO)C(O)C(O)C2O)C(O)C1O)NC(=O)CCCCCCC. The maximum atomic E-state index is 13.0. The highest BCUT2D eigenvalue weighted by Gasteiger charge is 2.51. The van der Waals surface area contributed by atoms with Gasteiger partial charge in [-0.3, -0.25) is 4.79 Å². The van der Waals surface area contributed by atoms with Crippen molar-refractivity contribution in [3.8, 4) is 0 Å². The molecule has 0 saturated carbocycles. The fourth-order valence-corrected chi connectivity index (χ4v) is 9.31. The Bertz CT molecular complexity index is 1260. The molecule has 2 rings (SSSR count). The van der Waals surface area contributed by atoms with Crippen LogP contribution in [-0.4, -0.2) is 140 Å². The highest BCUT2D eigenvalue weighted by Crippen LogP contribution is 2.30. The van der Waals surface area contributed by atoms with Gasteiger partial charge in [-0.1, -0.05) is 212 Å². The van der Waals surface area contributed by atoms with Crippen LogP contribution < -0.4 is 5.32 Å². The maximum absolute atomic E-state index is 13.0. The minimum atomic E-state index is -1.79. The Morgan fingerprint density at radius 3 is 1.42 bits per heavy atom. The standard InChI is InChI=1S/C55H103NO13/c1-3-5-7-9-10-11-12-13-14-15-16-17-18-19-20-21-22-23-24-25-26-27-28-29-30-31-32-33-35-36-38-44(59)43(56-47(60)39-37-34-8-6-4-2)42-66-54-52(65)50(63)53(46(41-58)68-54)69-55-51(64)49(62)48(61)45(40-57)67-55/h31-32,36,38,43-46,48-55,57-59,61-65H,3-30,33-35,37,39-42H2,1-2H3,(H,56,60)/b32-31+,38-36+. The lowest BCUT2D eigenvalue weighted by atomic mass is 9.97. The Morgan fingerprint density at radius 1 is 0.507 bits per heavy atom. The highest BCUT2D eigenvalue weighted by molar-refractivity contribution is 5.76. The van der Waals surface area contributed by atoms with E-state index in [1.807, 2.05) is 6.08 Å². The minimum Gasteiger partial charge on any atom is -0.394 e. The summed E-state index contributed by atoms with van der Waals surface area (Å²) in [5.74, 6) is -0.261. The number of carbonyl (C=O) groups excluding carboxylic acids is 1. The van der Waals surface area contributed by atoms with Crippen molar-refractivity contribution in [1.82, 2.24) is 5.32 Å². The molecule has 1 amide bonds. The normalized spacial score (nSPS) is 26.3. The van der Waals surface area contributed by atoms with Gasteiger partial charge in [0.25, 0.3) is 0 Å². The van der Waals surface area contributed by atoms with Crippen molar-refractivity contribution < 1.29 is 64.6 Å². The molecule has 69 heavy (non-hydrogen) atoms. The molecule has 12 unspecified atom stereocenters. The molecule has 9 N–H and O–H groups in total. The van der Waals surface area contributed by atoms with Gasteiger partial charge in [0, 0.05) is 6.42 Å². The van der Waals surface area contributed by atoms with Crippen molar-refractivity contribution in [3.63, 3.8) is 0 Å². The molecule has 0 aromatic rings. The number of unbranched alkanes of at least 4 members (excludes halogenated alkanes) is 29. The number of aliphatic hydroxyl groups excluding tert-OH is 8. The van der Waals surface area contributed by atoms with E-state index in [1.165, 1.54) is 154 Å². The van der Waals surface area contributed by atoms with Crippen molar-refractivity contribution in [2.75, 3.05) is 19.8 Å². The van der Waals surface area contributed by atoms with Crippen LogP contribution in [0.2, 0.25) is 0 Å². The molecule has 2 saturated heterocycles. The second-order valence-electron chi connectivity index (χ2n) is 20.1. The van der Waals surface area contributed by atoms with Crippen LogP contribution in [0.25, 0.3) is 0 Å². The van der Waals surface area contributed by atoms with Gasteiger partial charge in [0.15, 0.2) is 12.6 Å². The predicted octanol–water partition coefficient (Wildman–Crippen LogP) is 8.50. The fraction of sp³-hybridized carbons (Fsp3) is 0.909. The summed E-state index contributed by atoms with van der Waals surface area (Å²) in [6.45, 7) is 2.68. The summed E-state index contributed by atoms with van der Waals surface area (Å²) in [6.07, 6.45) is 31.8. The second-order valence-corrected chi connectivity index (χ2v) is 20.1. The number of hydrogen-bond donors (Lipinski definition) is 9. The summed E-state index contributed by atoms with van der Waals surface area (Å²) in [7, 11) is 0. The van der Waals surface area contributed by atoms with Crippen molar-refractivity contribution >= 4 is 5.91 Å². The lowest BCUT2D eigenvalue weighted by molar-refractivity contribution is -0.359. The first-order chi connectivity index (χ1) is 33.6. The van der Waals surface area contributed by atoms with Gasteiger partial charge < -0.3 is 65.1 Å². The van der Waals surface area contributed by atoms with Gasteiger partial charge >= 0.3 is 0 Å². The van der Waals surface area contributed by atoms with E-state index in [0.717, 1.165) is 38.5 Å². The third kappa shape index (κ3) is 28.5. The van der Waals surface area contributed by atoms with Crippen LogP contribution in [0.4, 0.5) is 0 Å². The zero-order valence-corrected chi connectivity index (χ0v) is 43.3. The summed E-state index contributed by atoms with van der Waals surface area (Å²) < 4.78 is 22.6. The summed E-state index contributed by atoms with van der Waals surface area (Å²) in [5, 5.41) is 86.4. The van der Waals surface area contributed by atoms with Crippen molar-refractivity contribution in [1.29, 1.82) is 0 Å². The van der Waals surface area contributed by atoms with E-state index in [2.05, 4.69) is 31.3 Å². The number of amides is 1. The predicted molar refractivity (Wildman–Crippen MR) is 272 cm³/mol. The van der Waals surface area contributed by atoms with Crippen LogP contribution >= 0.6 is 0 Å². The molecular weight excluding hydrogens is 883 g/mol. The summed E-state index contributed by atoms with van der Waals surface area (Å²) in [6, 6.07) is -0.924. The topological polar surface area (TPSA) is 228 Å². The Hall–Kier alpha value is -1.53. The molecule has 0 radical (unpaired) electrons. The number of aliphatic hydroxyl groups is 8. The molecule has 0 spiro atoms. The molecule has 0 aliphatic carbocycles. The van der Waals surface area contributed by atoms with Gasteiger partial charge in [-0.15, -0.1) is 0 Å². The molecular formula is C55H103NO13. The Morgan fingerprint density at radius 2 is 0.928 bits per heavy atom. The molecule has 0 bridgehead atoms. The number of rotatable bonds is 44. The fourth-order valence-electron chi connectivity index (χ4n) is 9.31. The van der Waals surface area contributed by atoms with E-state index in [1.54, 1.807) is 6.08 Å². The average Bonchev–Trinajstić information content (AvgIpc) is 3.35. The third-order valence-corrected chi connectivity index (χ3v) is 13.9. The van der Waals surface area contributed by atoms with Crippen LogP contribution in [0.3, 0.4) is 0 Å². The number of nitrogens with one attached hydrogen (secondary N) is 1. The largest absolute Gasteiger partial charge is 0.394 e. The summed E-state index contributed by atoms with van der Waals surface area (Å²) in [5.41, 5.74) is 0. The summed E-state index contributed by atoms with van der Waals surface area (Å²) >= 11 is 0. The number of carbonyl (C=O) groups is 1. The molecule has 14 nitrogen and oxygen atoms in total. The Balaban J connectivity index is 1.63. The van der Waals surface area contributed by atoms with Gasteiger partial charge in [-0.25, -0.2) is 0 Å². The average molecular weight is 986 g/mol. The molecule has 406 valence electrons. The first-order valence-electron chi connectivity index (χ1n) is 28.1. The van der Waals surface area contributed by atoms with Crippen LogP contribution in [-0.2, 0) is 23.7 Å². The van der Waals surface area contributed by atoms with Crippen LogP contribution in [0.15, 0.2) is 24.3 Å². The van der Waals surface area contributed by atoms with E-state index in [9.17, 15) is 45.6 Å². The van der Waals surface area contributed by atoms with Crippen LogP contribution in [0.1, 0.15) is 226 Å². The molecule has 0 aromatic heterocycles. The van der Waals surface area contributed by atoms with Crippen molar-refractivity contribution in [2.45, 2.75) is 299 Å². The number of allylic oxidation sites excluding steroid dienone is 3. The quantitative estimate of drug-likeness (QED) is 0.0206. The van der Waals surface area contributed by atoms with Gasteiger partial charge in [-0.05, 0) is 32.1 Å². The van der Waals surface area contributed by atoms with Crippen LogP contribution in [0.5, 0.6) is 0 Å². The molecule has 14 heteroatoms. The Kier molecular flexibility index (Phi) is 38.6. The molecule has 2 fully saturated rings. The molecule has 2 heterocycles. The second kappa shape index (κ2) is 41.9. The van der Waals surface area contributed by atoms with Gasteiger partial charge in [-0.2, -0.15) is 0 Å². The zero-order valence-electron chi connectivity index (χ0n) is 43.3. The van der Waals surface area contributed by atoms with E-state index in [4.69, 9.17) is 18.9 Å². The van der Waals surface area contributed by atoms with E-state index >= 15 is 0 Å². The highest BCUT2D eigenvalue weighted by atomic mass is 16.7. The maximum Gasteiger partial charge on any atom is 0.220 e. The van der Waals surface area contributed by atoms with Gasteiger partial charge in [0.05, 0.1) is 32.0 Å². The summed E-state index contributed by atoms with van der Waals surface area (Å²) in [4.78, 5) is 13.0. The third-order valence-electron chi connectivity index (χ3n) is 13.9. The van der Waals surface area contributed by atoms with E-state index < -0.39 is 86.8 Å². The Labute approximate surface area is 418 Å². The van der Waals surface area contributed by atoms with Crippen molar-refractivity contribution in [3.05, 3.63) is 24.3 Å². The van der Waals surface area contributed by atoms with E-state index in [0.29, 0.717) is 12.8 Å². The lowest BCUT2D eigenvalue weighted by Crippen LogP contribution is -2.65. The zero-order chi connectivity index (χ0) is 50.3. The van der Waals surface area contributed by atoms with Crippen molar-refractivity contribution in [2.24, 2.45) is 0 Å². The lowest BCUT2D eigenvalue weighted by Gasteiger charge is -2.46. The van der Waals surface area contributed by atoms with Gasteiger partial charge in [0.2, 0.25) is 5.91 Å². The van der Waals surface area contributed by atoms with Crippen LogP contribution in [0, 0.1) is 0 Å². The minimum absolute atomic E-state index is 0.261. The molecule has 0 aromatic carbocycles. The number of ether oxygens (including phenoxy) is 4. The van der Waals surface area contributed by atoms with E-state index in [-0.39, 0.29) is 18.9 Å². The first kappa shape index (κ1) is 63.6. The molecule has 2 aliphatic heterocycles. The first-order valence-corrected chi connectivity index (χ1v) is 28.1.